The fourth-order valence-corrected chi connectivity index (χ4v) is 3.26. The van der Waals surface area contributed by atoms with Crippen molar-refractivity contribution in [1.29, 1.82) is 0 Å². The van der Waals surface area contributed by atoms with Crippen LogP contribution >= 0.6 is 11.6 Å². The molecule has 1 amide bonds. The first kappa shape index (κ1) is 15.0. The van der Waals surface area contributed by atoms with E-state index in [9.17, 15) is 4.79 Å². The average Bonchev–Trinajstić information content (AvgIpc) is 3.04. The van der Waals surface area contributed by atoms with Crippen molar-refractivity contribution < 1.29 is 9.32 Å². The molecular formula is C19H15ClN2O2. The SMILES string of the molecule is CN1C(=O)c2c(-c3ccccc3)noc2CC1c1ccc(Cl)cc1. The van der Waals surface area contributed by atoms with Crippen LogP contribution in [0.3, 0.4) is 0 Å². The molecule has 0 saturated heterocycles. The molecule has 0 spiro atoms. The third-order valence-corrected chi connectivity index (χ3v) is 4.70. The van der Waals surface area contributed by atoms with E-state index in [1.54, 1.807) is 4.90 Å². The molecule has 2 aromatic carbocycles. The van der Waals surface area contributed by atoms with Gasteiger partial charge in [-0.15, -0.1) is 0 Å². The number of likely N-dealkylation sites (N-methyl/N-ethyl adjacent to an activating group) is 1. The fourth-order valence-electron chi connectivity index (χ4n) is 3.13. The summed E-state index contributed by atoms with van der Waals surface area (Å²) in [5, 5.41) is 4.83. The van der Waals surface area contributed by atoms with Crippen molar-refractivity contribution in [3.63, 3.8) is 0 Å². The molecule has 5 heteroatoms. The molecule has 0 N–H and O–H groups in total. The van der Waals surface area contributed by atoms with Crippen molar-refractivity contribution in [2.45, 2.75) is 12.5 Å². The summed E-state index contributed by atoms with van der Waals surface area (Å²) in [5.41, 5.74) is 3.08. The second-order valence-electron chi connectivity index (χ2n) is 5.88. The van der Waals surface area contributed by atoms with Gasteiger partial charge >= 0.3 is 0 Å². The highest BCUT2D eigenvalue weighted by molar-refractivity contribution is 6.30. The normalized spacial score (nSPS) is 17.0. The van der Waals surface area contributed by atoms with Crippen molar-refractivity contribution >= 4 is 17.5 Å². The third-order valence-electron chi connectivity index (χ3n) is 4.45. The number of nitrogens with zero attached hydrogens (tertiary/aromatic N) is 2. The summed E-state index contributed by atoms with van der Waals surface area (Å²) >= 11 is 5.96. The number of aromatic nitrogens is 1. The Bertz CT molecular complexity index is 887. The summed E-state index contributed by atoms with van der Waals surface area (Å²) < 4.78 is 5.51. The van der Waals surface area contributed by atoms with Gasteiger partial charge in [0, 0.05) is 24.1 Å². The lowest BCUT2D eigenvalue weighted by molar-refractivity contribution is 0.0694. The molecule has 1 aliphatic heterocycles. The molecule has 4 rings (SSSR count). The largest absolute Gasteiger partial charge is 0.360 e. The van der Waals surface area contributed by atoms with Crippen molar-refractivity contribution in [3.8, 4) is 11.3 Å². The van der Waals surface area contributed by atoms with Crippen molar-refractivity contribution in [1.82, 2.24) is 10.1 Å². The molecule has 0 radical (unpaired) electrons. The van der Waals surface area contributed by atoms with Crippen LogP contribution in [-0.2, 0) is 6.42 Å². The molecule has 120 valence electrons. The van der Waals surface area contributed by atoms with E-state index in [1.165, 1.54) is 0 Å². The minimum absolute atomic E-state index is 0.0729. The second-order valence-corrected chi connectivity index (χ2v) is 6.32. The predicted molar refractivity (Wildman–Crippen MR) is 91.9 cm³/mol. The van der Waals surface area contributed by atoms with E-state index in [0.717, 1.165) is 11.1 Å². The number of carbonyl (C=O) groups is 1. The summed E-state index contributed by atoms with van der Waals surface area (Å²) in [6.45, 7) is 0. The molecule has 1 aliphatic rings. The molecule has 1 aromatic heterocycles. The van der Waals surface area contributed by atoms with Crippen molar-refractivity contribution in [3.05, 3.63) is 76.5 Å². The van der Waals surface area contributed by atoms with Gasteiger partial charge in [0.1, 0.15) is 11.3 Å². The zero-order valence-corrected chi connectivity index (χ0v) is 13.8. The van der Waals surface area contributed by atoms with Gasteiger partial charge in [-0.2, -0.15) is 0 Å². The van der Waals surface area contributed by atoms with Crippen LogP contribution in [-0.4, -0.2) is 23.0 Å². The number of fused-ring (bicyclic) bond motifs is 1. The maximum absolute atomic E-state index is 12.9. The van der Waals surface area contributed by atoms with Gasteiger partial charge in [0.05, 0.1) is 6.04 Å². The fraction of sp³-hybridized carbons (Fsp3) is 0.158. The van der Waals surface area contributed by atoms with Gasteiger partial charge in [0.2, 0.25) is 0 Å². The number of carbonyl (C=O) groups excluding carboxylic acids is 1. The molecule has 1 unspecified atom stereocenters. The van der Waals surface area contributed by atoms with E-state index in [2.05, 4.69) is 5.16 Å². The summed E-state index contributed by atoms with van der Waals surface area (Å²) in [4.78, 5) is 14.7. The Balaban J connectivity index is 1.75. The van der Waals surface area contributed by atoms with Gasteiger partial charge < -0.3 is 9.42 Å². The molecule has 0 aliphatic carbocycles. The third kappa shape index (κ3) is 2.39. The van der Waals surface area contributed by atoms with E-state index in [4.69, 9.17) is 16.1 Å². The minimum Gasteiger partial charge on any atom is -0.360 e. The summed E-state index contributed by atoms with van der Waals surface area (Å²) in [6, 6.07) is 17.1. The Kier molecular flexibility index (Phi) is 3.62. The quantitative estimate of drug-likeness (QED) is 0.697. The molecule has 2 heterocycles. The lowest BCUT2D eigenvalue weighted by atomic mass is 9.92. The molecular weight excluding hydrogens is 324 g/mol. The van der Waals surface area contributed by atoms with Gasteiger partial charge in [0.15, 0.2) is 5.76 Å². The predicted octanol–water partition coefficient (Wildman–Crippen LogP) is 4.36. The molecule has 0 fully saturated rings. The number of benzene rings is 2. The first-order valence-corrected chi connectivity index (χ1v) is 8.09. The molecule has 0 saturated carbocycles. The zero-order valence-electron chi connectivity index (χ0n) is 13.1. The minimum atomic E-state index is -0.0844. The van der Waals surface area contributed by atoms with E-state index >= 15 is 0 Å². The monoisotopic (exact) mass is 338 g/mol. The topological polar surface area (TPSA) is 46.3 Å². The Morgan fingerprint density at radius 1 is 1.12 bits per heavy atom. The maximum atomic E-state index is 12.9. The van der Waals surface area contributed by atoms with Crippen molar-refractivity contribution in [2.24, 2.45) is 0 Å². The highest BCUT2D eigenvalue weighted by Gasteiger charge is 2.36. The Hall–Kier alpha value is -2.59. The maximum Gasteiger partial charge on any atom is 0.260 e. The Morgan fingerprint density at radius 2 is 1.83 bits per heavy atom. The average molecular weight is 339 g/mol. The highest BCUT2D eigenvalue weighted by atomic mass is 35.5. The lowest BCUT2D eigenvalue weighted by Gasteiger charge is -2.31. The van der Waals surface area contributed by atoms with Gasteiger partial charge in [0.25, 0.3) is 5.91 Å². The van der Waals surface area contributed by atoms with E-state index in [1.807, 2.05) is 61.6 Å². The van der Waals surface area contributed by atoms with Gasteiger partial charge in [-0.1, -0.05) is 59.2 Å². The second kappa shape index (κ2) is 5.80. The van der Waals surface area contributed by atoms with Crippen LogP contribution in [0.5, 0.6) is 0 Å². The van der Waals surface area contributed by atoms with Crippen LogP contribution in [0.4, 0.5) is 0 Å². The molecule has 1 atom stereocenters. The van der Waals surface area contributed by atoms with Crippen molar-refractivity contribution in [2.75, 3.05) is 7.05 Å². The smallest absolute Gasteiger partial charge is 0.260 e. The molecule has 3 aromatic rings. The summed E-state index contributed by atoms with van der Waals surface area (Å²) in [5.74, 6) is 0.563. The van der Waals surface area contributed by atoms with Gasteiger partial charge in [-0.25, -0.2) is 0 Å². The van der Waals surface area contributed by atoms with Crippen LogP contribution < -0.4 is 0 Å². The number of rotatable bonds is 2. The van der Waals surface area contributed by atoms with E-state index in [0.29, 0.717) is 28.5 Å². The van der Waals surface area contributed by atoms with Gasteiger partial charge in [-0.05, 0) is 17.7 Å². The van der Waals surface area contributed by atoms with Crippen LogP contribution in [0, 0.1) is 0 Å². The standard InChI is InChI=1S/C19H15ClN2O2/c1-22-15(12-7-9-14(20)10-8-12)11-16-17(19(22)23)18(21-24-16)13-5-3-2-4-6-13/h2-10,15H,11H2,1H3. The van der Waals surface area contributed by atoms with Crippen LogP contribution in [0.15, 0.2) is 59.1 Å². The van der Waals surface area contributed by atoms with Crippen LogP contribution in [0.25, 0.3) is 11.3 Å². The van der Waals surface area contributed by atoms with Gasteiger partial charge in [-0.3, -0.25) is 4.79 Å². The lowest BCUT2D eigenvalue weighted by Crippen LogP contribution is -2.37. The molecule has 24 heavy (non-hydrogen) atoms. The number of hydrogen-bond donors (Lipinski definition) is 0. The number of amides is 1. The Labute approximate surface area is 144 Å². The van der Waals surface area contributed by atoms with E-state index < -0.39 is 0 Å². The first-order valence-electron chi connectivity index (χ1n) is 7.71. The zero-order chi connectivity index (χ0) is 16.7. The van der Waals surface area contributed by atoms with Crippen LogP contribution in [0.2, 0.25) is 5.02 Å². The molecule has 0 bridgehead atoms. The summed E-state index contributed by atoms with van der Waals surface area (Å²) in [7, 11) is 1.81. The first-order chi connectivity index (χ1) is 11.6. The van der Waals surface area contributed by atoms with Crippen LogP contribution in [0.1, 0.15) is 27.7 Å². The molecule has 4 nitrogen and oxygen atoms in total. The number of hydrogen-bond acceptors (Lipinski definition) is 3. The summed E-state index contributed by atoms with van der Waals surface area (Å²) in [6.07, 6.45) is 0.596. The Morgan fingerprint density at radius 3 is 2.54 bits per heavy atom. The van der Waals surface area contributed by atoms with E-state index in [-0.39, 0.29) is 11.9 Å². The number of halogens is 1. The highest BCUT2D eigenvalue weighted by Crippen LogP contribution is 2.36.